The van der Waals surface area contributed by atoms with Gasteiger partial charge in [0, 0.05) is 16.7 Å². The lowest BCUT2D eigenvalue weighted by Gasteiger charge is -2.71. The van der Waals surface area contributed by atoms with Crippen LogP contribution in [0.2, 0.25) is 0 Å². The SMILES string of the molecule is COc1ccc2c(c1)C[C@H]1[C@]3(C)CC[C@H]4[C@@]5(C)CCC[C@]4(CO[C@@H]5O)[C@H]3CC[C@]1(C)O2. The highest BCUT2D eigenvalue weighted by atomic mass is 16.6. The molecule has 2 aliphatic heterocycles. The van der Waals surface area contributed by atoms with Crippen molar-refractivity contribution in [2.75, 3.05) is 13.7 Å². The Balaban J connectivity index is 1.41. The zero-order valence-electron chi connectivity index (χ0n) is 19.6. The largest absolute Gasteiger partial charge is 0.497 e. The number of fused-ring (bicyclic) bond motifs is 4. The van der Waals surface area contributed by atoms with Gasteiger partial charge in [0.05, 0.1) is 13.7 Å². The molecule has 1 N–H and O–H groups in total. The van der Waals surface area contributed by atoms with Crippen LogP contribution in [0.3, 0.4) is 0 Å². The lowest BCUT2D eigenvalue weighted by Crippen LogP contribution is -2.69. The van der Waals surface area contributed by atoms with Crippen LogP contribution in [0.25, 0.3) is 0 Å². The molecule has 0 radical (unpaired) electrons. The van der Waals surface area contributed by atoms with Crippen molar-refractivity contribution in [3.63, 3.8) is 0 Å². The molecule has 2 bridgehead atoms. The van der Waals surface area contributed by atoms with Gasteiger partial charge in [-0.3, -0.25) is 0 Å². The van der Waals surface area contributed by atoms with E-state index in [0.717, 1.165) is 37.4 Å². The molecule has 8 atom stereocenters. The van der Waals surface area contributed by atoms with Gasteiger partial charge in [0.2, 0.25) is 0 Å². The molecular formula is C27H38O4. The third kappa shape index (κ3) is 2.50. The van der Waals surface area contributed by atoms with Crippen molar-refractivity contribution in [3.05, 3.63) is 23.8 Å². The second-order valence-corrected chi connectivity index (χ2v) is 12.1. The van der Waals surface area contributed by atoms with E-state index in [9.17, 15) is 5.11 Å². The first kappa shape index (κ1) is 20.4. The van der Waals surface area contributed by atoms with E-state index in [0.29, 0.717) is 17.8 Å². The summed E-state index contributed by atoms with van der Waals surface area (Å²) in [6, 6.07) is 6.31. The van der Waals surface area contributed by atoms with E-state index in [4.69, 9.17) is 14.2 Å². The summed E-state index contributed by atoms with van der Waals surface area (Å²) in [5, 5.41) is 10.8. The van der Waals surface area contributed by atoms with Gasteiger partial charge in [-0.15, -0.1) is 0 Å². The first-order valence-electron chi connectivity index (χ1n) is 12.4. The fourth-order valence-corrected chi connectivity index (χ4v) is 9.44. The average molecular weight is 427 g/mol. The van der Waals surface area contributed by atoms with Crippen LogP contribution in [0.5, 0.6) is 11.5 Å². The highest BCUT2D eigenvalue weighted by Crippen LogP contribution is 2.72. The molecule has 170 valence electrons. The van der Waals surface area contributed by atoms with Crippen molar-refractivity contribution in [2.45, 2.75) is 84.0 Å². The number of ether oxygens (including phenoxy) is 3. The molecular weight excluding hydrogens is 388 g/mol. The quantitative estimate of drug-likeness (QED) is 0.657. The smallest absolute Gasteiger partial charge is 0.160 e. The van der Waals surface area contributed by atoms with Gasteiger partial charge >= 0.3 is 0 Å². The van der Waals surface area contributed by atoms with E-state index >= 15 is 0 Å². The number of aliphatic hydroxyl groups excluding tert-OH is 1. The minimum atomic E-state index is -0.596. The number of hydrogen-bond donors (Lipinski definition) is 1. The summed E-state index contributed by atoms with van der Waals surface area (Å²) in [5.74, 6) is 3.68. The first-order chi connectivity index (χ1) is 14.8. The van der Waals surface area contributed by atoms with Crippen molar-refractivity contribution in [1.82, 2.24) is 0 Å². The highest BCUT2D eigenvalue weighted by molar-refractivity contribution is 5.43. The Morgan fingerprint density at radius 3 is 2.55 bits per heavy atom. The Morgan fingerprint density at radius 1 is 0.968 bits per heavy atom. The third-order valence-electron chi connectivity index (χ3n) is 10.9. The van der Waals surface area contributed by atoms with Crippen LogP contribution in [0.1, 0.15) is 71.3 Å². The summed E-state index contributed by atoms with van der Waals surface area (Å²) in [5.41, 5.74) is 1.56. The molecule has 4 nitrogen and oxygen atoms in total. The second kappa shape index (κ2) is 6.41. The lowest BCUT2D eigenvalue weighted by atomic mass is 9.36. The van der Waals surface area contributed by atoms with E-state index in [1.807, 2.05) is 6.07 Å². The van der Waals surface area contributed by atoms with Gasteiger partial charge in [-0.25, -0.2) is 0 Å². The molecule has 0 aromatic heterocycles. The van der Waals surface area contributed by atoms with Gasteiger partial charge in [-0.1, -0.05) is 20.3 Å². The average Bonchev–Trinajstić information content (AvgIpc) is 2.74. The van der Waals surface area contributed by atoms with E-state index in [1.165, 1.54) is 37.7 Å². The van der Waals surface area contributed by atoms with Crippen molar-refractivity contribution in [2.24, 2.45) is 34.0 Å². The molecule has 4 fully saturated rings. The molecule has 0 amide bonds. The minimum Gasteiger partial charge on any atom is -0.497 e. The summed E-state index contributed by atoms with van der Waals surface area (Å²) in [6.45, 7) is 7.97. The molecule has 31 heavy (non-hydrogen) atoms. The summed E-state index contributed by atoms with van der Waals surface area (Å²) >= 11 is 0. The Kier molecular flexibility index (Phi) is 4.21. The molecule has 1 aromatic carbocycles. The zero-order valence-corrected chi connectivity index (χ0v) is 19.6. The van der Waals surface area contributed by atoms with Gasteiger partial charge in [-0.05, 0) is 92.9 Å². The van der Waals surface area contributed by atoms with Crippen LogP contribution < -0.4 is 9.47 Å². The van der Waals surface area contributed by atoms with Crippen LogP contribution in [-0.2, 0) is 11.2 Å². The maximum absolute atomic E-state index is 10.8. The second-order valence-electron chi connectivity index (χ2n) is 12.1. The summed E-state index contributed by atoms with van der Waals surface area (Å²) < 4.78 is 18.5. The first-order valence-corrected chi connectivity index (χ1v) is 12.4. The Bertz CT molecular complexity index is 899. The van der Waals surface area contributed by atoms with Gasteiger partial charge in [0.1, 0.15) is 17.1 Å². The standard InChI is InChI=1S/C27H38O4/c1-24-12-8-21-25(2)10-5-11-27(21,16-30-23(25)28)20(24)9-13-26(3)22(24)15-17-14-18(29-4)6-7-19(17)31-26/h6-7,14,20-23,28H,5,8-13,15-16H2,1-4H3/t20-,21-,22-,23-,24+,25+,26-,27-/m0/s1. The summed E-state index contributed by atoms with van der Waals surface area (Å²) in [7, 11) is 1.74. The molecule has 5 aliphatic rings. The number of aliphatic hydroxyl groups is 1. The normalized spacial score (nSPS) is 50.2. The van der Waals surface area contributed by atoms with Gasteiger partial charge < -0.3 is 19.3 Å². The maximum Gasteiger partial charge on any atom is 0.160 e. The van der Waals surface area contributed by atoms with Crippen LogP contribution in [0.4, 0.5) is 0 Å². The fourth-order valence-electron chi connectivity index (χ4n) is 9.44. The minimum absolute atomic E-state index is 0.0817. The predicted octanol–water partition coefficient (Wildman–Crippen LogP) is 5.36. The molecule has 6 rings (SSSR count). The zero-order chi connectivity index (χ0) is 21.6. The van der Waals surface area contributed by atoms with E-state index < -0.39 is 6.29 Å². The number of hydrogen-bond acceptors (Lipinski definition) is 4. The van der Waals surface area contributed by atoms with Crippen LogP contribution >= 0.6 is 0 Å². The Labute approximate surface area is 186 Å². The molecule has 2 heterocycles. The third-order valence-corrected chi connectivity index (χ3v) is 10.9. The van der Waals surface area contributed by atoms with Crippen molar-refractivity contribution in [3.8, 4) is 11.5 Å². The van der Waals surface area contributed by atoms with Crippen molar-refractivity contribution < 1.29 is 19.3 Å². The van der Waals surface area contributed by atoms with E-state index in [2.05, 4.69) is 32.9 Å². The topological polar surface area (TPSA) is 47.9 Å². The molecule has 0 unspecified atom stereocenters. The predicted molar refractivity (Wildman–Crippen MR) is 119 cm³/mol. The molecule has 3 saturated carbocycles. The van der Waals surface area contributed by atoms with E-state index in [-0.39, 0.29) is 21.8 Å². The Hall–Kier alpha value is -1.26. The Morgan fingerprint density at radius 2 is 1.74 bits per heavy atom. The van der Waals surface area contributed by atoms with Gasteiger partial charge in [0.15, 0.2) is 6.29 Å². The fraction of sp³-hybridized carbons (Fsp3) is 0.778. The molecule has 1 saturated heterocycles. The van der Waals surface area contributed by atoms with Crippen LogP contribution in [0.15, 0.2) is 18.2 Å². The van der Waals surface area contributed by atoms with Crippen molar-refractivity contribution in [1.29, 1.82) is 0 Å². The number of methoxy groups -OCH3 is 1. The summed E-state index contributed by atoms with van der Waals surface area (Å²) in [6.07, 6.45) is 8.81. The molecule has 3 aliphatic carbocycles. The molecule has 4 heteroatoms. The van der Waals surface area contributed by atoms with Crippen LogP contribution in [-0.4, -0.2) is 30.7 Å². The van der Waals surface area contributed by atoms with Gasteiger partial charge in [0.25, 0.3) is 0 Å². The van der Waals surface area contributed by atoms with Crippen molar-refractivity contribution >= 4 is 0 Å². The van der Waals surface area contributed by atoms with Crippen LogP contribution in [0, 0.1) is 34.0 Å². The van der Waals surface area contributed by atoms with Gasteiger partial charge in [-0.2, -0.15) is 0 Å². The maximum atomic E-state index is 10.8. The highest BCUT2D eigenvalue weighted by Gasteiger charge is 2.70. The lowest BCUT2D eigenvalue weighted by molar-refractivity contribution is -0.327. The monoisotopic (exact) mass is 426 g/mol. The summed E-state index contributed by atoms with van der Waals surface area (Å²) in [4.78, 5) is 0. The number of rotatable bonds is 1. The molecule has 0 spiro atoms. The molecule has 1 aromatic rings. The van der Waals surface area contributed by atoms with E-state index in [1.54, 1.807) is 7.11 Å². The number of benzene rings is 1.